The fourth-order valence-corrected chi connectivity index (χ4v) is 0.936. The third-order valence-electron chi connectivity index (χ3n) is 1.68. The van der Waals surface area contributed by atoms with E-state index in [1.165, 1.54) is 7.11 Å². The van der Waals surface area contributed by atoms with E-state index in [1.807, 2.05) is 0 Å². The van der Waals surface area contributed by atoms with Crippen molar-refractivity contribution in [3.8, 4) is 6.01 Å². The largest absolute Gasteiger partial charge is 0.467 e. The lowest BCUT2D eigenvalue weighted by molar-refractivity contribution is -0.117. The van der Waals surface area contributed by atoms with E-state index in [9.17, 15) is 4.79 Å². The van der Waals surface area contributed by atoms with Gasteiger partial charge in [0.2, 0.25) is 17.8 Å². The number of nitrogens with two attached hydrogens (primary N) is 1. The Hall–Kier alpha value is -2.12. The van der Waals surface area contributed by atoms with Gasteiger partial charge in [-0.15, -0.1) is 0 Å². The molecule has 0 aromatic carbocycles. The zero-order chi connectivity index (χ0) is 12.0. The summed E-state index contributed by atoms with van der Waals surface area (Å²) in [5.41, 5.74) is 5.00. The predicted molar refractivity (Wildman–Crippen MR) is 58.2 cm³/mol. The molecule has 0 aliphatic carbocycles. The molecule has 0 aliphatic rings. The van der Waals surface area contributed by atoms with Crippen molar-refractivity contribution in [1.82, 2.24) is 15.0 Å². The molecule has 1 aromatic rings. The molecule has 0 atom stereocenters. The maximum Gasteiger partial charge on any atom is 0.322 e. The first-order valence-electron chi connectivity index (χ1n) is 4.65. The summed E-state index contributed by atoms with van der Waals surface area (Å²) >= 11 is 0. The number of nitrogens with one attached hydrogen (secondary N) is 2. The standard InChI is InChI=1S/C8H14N6O2/c1-10-6-12-7(11-4-3-5(9)15)14-8(13-6)16-2/h3-4H2,1-2H3,(H2,9,15)(H2,10,11,12,13,14). The summed E-state index contributed by atoms with van der Waals surface area (Å²) in [4.78, 5) is 22.4. The van der Waals surface area contributed by atoms with Crippen molar-refractivity contribution in [1.29, 1.82) is 0 Å². The molecule has 16 heavy (non-hydrogen) atoms. The van der Waals surface area contributed by atoms with Gasteiger partial charge in [-0.2, -0.15) is 15.0 Å². The maximum absolute atomic E-state index is 10.5. The second-order valence-corrected chi connectivity index (χ2v) is 2.86. The third kappa shape index (κ3) is 3.56. The quantitative estimate of drug-likeness (QED) is 0.582. The van der Waals surface area contributed by atoms with Crippen LogP contribution in [0.1, 0.15) is 6.42 Å². The van der Waals surface area contributed by atoms with Gasteiger partial charge in [-0.1, -0.05) is 0 Å². The molecule has 8 heteroatoms. The highest BCUT2D eigenvalue weighted by molar-refractivity contribution is 5.74. The first-order valence-corrected chi connectivity index (χ1v) is 4.65. The third-order valence-corrected chi connectivity index (χ3v) is 1.68. The van der Waals surface area contributed by atoms with Gasteiger partial charge in [-0.05, 0) is 0 Å². The molecule has 4 N–H and O–H groups in total. The summed E-state index contributed by atoms with van der Waals surface area (Å²) in [5.74, 6) is 0.327. The second kappa shape index (κ2) is 5.69. The van der Waals surface area contributed by atoms with Gasteiger partial charge in [0.25, 0.3) is 0 Å². The number of rotatable bonds is 6. The Kier molecular flexibility index (Phi) is 4.25. The molecule has 88 valence electrons. The zero-order valence-corrected chi connectivity index (χ0v) is 9.15. The number of nitrogens with zero attached hydrogens (tertiary/aromatic N) is 3. The average molecular weight is 226 g/mol. The topological polar surface area (TPSA) is 115 Å². The molecule has 1 heterocycles. The van der Waals surface area contributed by atoms with E-state index in [2.05, 4.69) is 25.6 Å². The number of hydrogen-bond donors (Lipinski definition) is 3. The molecule has 0 spiro atoms. The van der Waals surface area contributed by atoms with Crippen LogP contribution in [0.25, 0.3) is 0 Å². The molecule has 0 bridgehead atoms. The van der Waals surface area contributed by atoms with Crippen LogP contribution in [0.2, 0.25) is 0 Å². The number of primary amides is 1. The Morgan fingerprint density at radius 1 is 1.38 bits per heavy atom. The monoisotopic (exact) mass is 226 g/mol. The molecule has 0 saturated heterocycles. The highest BCUT2D eigenvalue weighted by Crippen LogP contribution is 2.09. The van der Waals surface area contributed by atoms with Crippen molar-refractivity contribution in [2.75, 3.05) is 31.3 Å². The summed E-state index contributed by atoms with van der Waals surface area (Å²) in [6, 6.07) is 0.195. The van der Waals surface area contributed by atoms with Crippen LogP contribution in [0.3, 0.4) is 0 Å². The Morgan fingerprint density at radius 3 is 2.62 bits per heavy atom. The van der Waals surface area contributed by atoms with Gasteiger partial charge in [-0.3, -0.25) is 4.79 Å². The molecule has 8 nitrogen and oxygen atoms in total. The van der Waals surface area contributed by atoms with Crippen LogP contribution in [0.4, 0.5) is 11.9 Å². The van der Waals surface area contributed by atoms with E-state index in [0.717, 1.165) is 0 Å². The van der Waals surface area contributed by atoms with Gasteiger partial charge in [0.15, 0.2) is 0 Å². The first-order chi connectivity index (χ1) is 7.65. The SMILES string of the molecule is CNc1nc(NCCC(N)=O)nc(OC)n1. The highest BCUT2D eigenvalue weighted by Gasteiger charge is 2.05. The molecule has 1 amide bonds. The molecule has 0 radical (unpaired) electrons. The van der Waals surface area contributed by atoms with Crippen molar-refractivity contribution in [2.45, 2.75) is 6.42 Å². The van der Waals surface area contributed by atoms with Crippen molar-refractivity contribution < 1.29 is 9.53 Å². The van der Waals surface area contributed by atoms with Crippen LogP contribution in [0.15, 0.2) is 0 Å². The maximum atomic E-state index is 10.5. The van der Waals surface area contributed by atoms with Gasteiger partial charge in [0.05, 0.1) is 7.11 Å². The van der Waals surface area contributed by atoms with Crippen LogP contribution < -0.4 is 21.1 Å². The van der Waals surface area contributed by atoms with E-state index in [0.29, 0.717) is 18.4 Å². The molecule has 0 fully saturated rings. The van der Waals surface area contributed by atoms with Gasteiger partial charge in [-0.25, -0.2) is 0 Å². The minimum atomic E-state index is -0.387. The van der Waals surface area contributed by atoms with Crippen molar-refractivity contribution >= 4 is 17.8 Å². The van der Waals surface area contributed by atoms with Crippen LogP contribution >= 0.6 is 0 Å². The van der Waals surface area contributed by atoms with Gasteiger partial charge in [0.1, 0.15) is 0 Å². The Morgan fingerprint density at radius 2 is 2.06 bits per heavy atom. The average Bonchev–Trinajstić information content (AvgIpc) is 2.28. The van der Waals surface area contributed by atoms with Crippen molar-refractivity contribution in [3.05, 3.63) is 0 Å². The molecule has 0 aliphatic heterocycles. The van der Waals surface area contributed by atoms with E-state index >= 15 is 0 Å². The Bertz CT molecular complexity index is 347. The van der Waals surface area contributed by atoms with Crippen LogP contribution in [-0.2, 0) is 4.79 Å². The van der Waals surface area contributed by atoms with E-state index < -0.39 is 0 Å². The van der Waals surface area contributed by atoms with Crippen molar-refractivity contribution in [2.24, 2.45) is 5.73 Å². The van der Waals surface area contributed by atoms with E-state index in [1.54, 1.807) is 7.05 Å². The molecule has 0 saturated carbocycles. The lowest BCUT2D eigenvalue weighted by Crippen LogP contribution is -2.17. The highest BCUT2D eigenvalue weighted by atomic mass is 16.5. The van der Waals surface area contributed by atoms with Gasteiger partial charge < -0.3 is 21.1 Å². The second-order valence-electron chi connectivity index (χ2n) is 2.86. The summed E-state index contributed by atoms with van der Waals surface area (Å²) in [5, 5.41) is 5.61. The molecule has 0 unspecified atom stereocenters. The number of hydrogen-bond acceptors (Lipinski definition) is 7. The van der Waals surface area contributed by atoms with Gasteiger partial charge in [0, 0.05) is 20.0 Å². The minimum absolute atomic E-state index is 0.195. The fourth-order valence-electron chi connectivity index (χ4n) is 0.936. The number of carbonyl (C=O) groups excluding carboxylic acids is 1. The lowest BCUT2D eigenvalue weighted by Gasteiger charge is -2.06. The number of anilines is 2. The minimum Gasteiger partial charge on any atom is -0.467 e. The number of ether oxygens (including phenoxy) is 1. The van der Waals surface area contributed by atoms with Crippen LogP contribution in [-0.4, -0.2) is 41.6 Å². The number of amides is 1. The summed E-state index contributed by atoms with van der Waals surface area (Å²) in [6.45, 7) is 0.367. The predicted octanol–water partition coefficient (Wildman–Crippen LogP) is -0.791. The van der Waals surface area contributed by atoms with Crippen LogP contribution in [0.5, 0.6) is 6.01 Å². The number of carbonyl (C=O) groups is 1. The van der Waals surface area contributed by atoms with Crippen LogP contribution in [0, 0.1) is 0 Å². The molecular weight excluding hydrogens is 212 g/mol. The summed E-state index contributed by atoms with van der Waals surface area (Å²) in [7, 11) is 3.14. The first kappa shape index (κ1) is 12.0. The Labute approximate surface area is 92.6 Å². The lowest BCUT2D eigenvalue weighted by atomic mass is 10.4. The van der Waals surface area contributed by atoms with E-state index in [4.69, 9.17) is 10.5 Å². The summed E-state index contributed by atoms with van der Waals surface area (Å²) < 4.78 is 4.89. The number of aromatic nitrogens is 3. The zero-order valence-electron chi connectivity index (χ0n) is 9.15. The van der Waals surface area contributed by atoms with Crippen molar-refractivity contribution in [3.63, 3.8) is 0 Å². The molecular formula is C8H14N6O2. The smallest absolute Gasteiger partial charge is 0.322 e. The normalized spacial score (nSPS) is 9.62. The number of methoxy groups -OCH3 is 1. The van der Waals surface area contributed by atoms with E-state index in [-0.39, 0.29) is 18.3 Å². The fraction of sp³-hybridized carbons (Fsp3) is 0.500. The molecule has 1 aromatic heterocycles. The molecule has 1 rings (SSSR count). The van der Waals surface area contributed by atoms with Gasteiger partial charge >= 0.3 is 6.01 Å². The summed E-state index contributed by atoms with van der Waals surface area (Å²) in [6.07, 6.45) is 0.211. The Balaban J connectivity index is 2.67.